The molecule has 4 heterocycles. The molecule has 0 atom stereocenters. The Kier molecular flexibility index (Phi) is 7.06. The Morgan fingerprint density at radius 3 is 2.25 bits per heavy atom. The highest BCUT2D eigenvalue weighted by atomic mass is 35.5. The second-order valence-corrected chi connectivity index (χ2v) is 9.76. The van der Waals surface area contributed by atoms with E-state index in [-0.39, 0.29) is 30.2 Å². The number of morpholine rings is 1. The van der Waals surface area contributed by atoms with Crippen molar-refractivity contribution in [3.8, 4) is 11.3 Å². The highest BCUT2D eigenvalue weighted by Crippen LogP contribution is 2.37. The van der Waals surface area contributed by atoms with E-state index in [4.69, 9.17) is 22.1 Å². The van der Waals surface area contributed by atoms with Crippen LogP contribution in [0.3, 0.4) is 0 Å². The number of hydrogen-bond donors (Lipinski definition) is 2. The summed E-state index contributed by atoms with van der Waals surface area (Å²) in [5.74, 6) is -0.606. The molecule has 2 fully saturated rings. The number of aromatic nitrogens is 1. The first-order chi connectivity index (χ1) is 17.4. The fourth-order valence-corrected chi connectivity index (χ4v) is 5.68. The van der Waals surface area contributed by atoms with Crippen molar-refractivity contribution < 1.29 is 19.1 Å². The number of primary amides is 1. The van der Waals surface area contributed by atoms with Gasteiger partial charge in [0.05, 0.1) is 41.7 Å². The third-order valence-corrected chi connectivity index (χ3v) is 7.57. The molecule has 0 saturated carbocycles. The number of urea groups is 2. The quantitative estimate of drug-likeness (QED) is 0.654. The van der Waals surface area contributed by atoms with Crippen LogP contribution in [0.4, 0.5) is 9.59 Å². The number of nitrogens with one attached hydrogen (secondary N) is 1. The number of carbonyl (C=O) groups excluding carboxylic acids is 3. The lowest BCUT2D eigenvalue weighted by molar-refractivity contribution is 0.0408. The molecule has 5 rings (SSSR count). The molecule has 0 spiro atoms. The van der Waals surface area contributed by atoms with Crippen LogP contribution in [0.25, 0.3) is 11.3 Å². The molecule has 1 aromatic carbocycles. The topological polar surface area (TPSA) is 113 Å². The molecule has 0 radical (unpaired) electrons. The van der Waals surface area contributed by atoms with Gasteiger partial charge in [0.15, 0.2) is 0 Å². The minimum Gasteiger partial charge on any atom is -0.378 e. The number of nitrogens with two attached hydrogens (primary N) is 1. The largest absolute Gasteiger partial charge is 0.378 e. The first-order valence-electron chi connectivity index (χ1n) is 12.4. The fraction of sp³-hybridized carbons (Fsp3) is 0.480. The second-order valence-electron chi connectivity index (χ2n) is 9.38. The van der Waals surface area contributed by atoms with Crippen molar-refractivity contribution in [1.29, 1.82) is 0 Å². The summed E-state index contributed by atoms with van der Waals surface area (Å²) in [6.07, 6.45) is 1.39. The molecule has 10 nitrogen and oxygen atoms in total. The number of nitrogens with zero attached hydrogens (tertiary/aromatic N) is 4. The van der Waals surface area contributed by atoms with Crippen LogP contribution >= 0.6 is 11.6 Å². The lowest BCUT2D eigenvalue weighted by Gasteiger charge is -2.38. The van der Waals surface area contributed by atoms with E-state index in [1.54, 1.807) is 4.90 Å². The summed E-state index contributed by atoms with van der Waals surface area (Å²) in [7, 11) is 0. The molecule has 5 amide bonds. The number of benzene rings is 1. The van der Waals surface area contributed by atoms with Gasteiger partial charge in [-0.2, -0.15) is 0 Å². The Hall–Kier alpha value is -3.24. The summed E-state index contributed by atoms with van der Waals surface area (Å²) in [6, 6.07) is 9.47. The molecule has 11 heteroatoms. The van der Waals surface area contributed by atoms with Crippen molar-refractivity contribution >= 4 is 29.6 Å². The molecular weight excluding hydrogens is 484 g/mol. The maximum atomic E-state index is 13.1. The van der Waals surface area contributed by atoms with Gasteiger partial charge in [-0.1, -0.05) is 41.9 Å². The van der Waals surface area contributed by atoms with Gasteiger partial charge in [-0.15, -0.1) is 0 Å². The van der Waals surface area contributed by atoms with Crippen LogP contribution in [0.15, 0.2) is 30.3 Å². The van der Waals surface area contributed by atoms with Crippen molar-refractivity contribution in [2.24, 2.45) is 5.73 Å². The van der Waals surface area contributed by atoms with Crippen molar-refractivity contribution in [3.63, 3.8) is 0 Å². The Labute approximate surface area is 214 Å². The van der Waals surface area contributed by atoms with E-state index in [1.165, 1.54) is 0 Å². The van der Waals surface area contributed by atoms with Crippen molar-refractivity contribution in [3.05, 3.63) is 46.6 Å². The number of rotatable bonds is 3. The summed E-state index contributed by atoms with van der Waals surface area (Å²) in [5, 5.41) is 3.44. The molecule has 36 heavy (non-hydrogen) atoms. The number of carbonyl (C=O) groups is 3. The van der Waals surface area contributed by atoms with E-state index in [2.05, 4.69) is 5.32 Å². The number of hydrogen-bond acceptors (Lipinski definition) is 4. The summed E-state index contributed by atoms with van der Waals surface area (Å²) in [4.78, 5) is 43.5. The molecule has 192 valence electrons. The SMILES string of the molecule is NC(=O)c1c(Cl)c(-c2ccccc2)n2c1CN(C(=O)NC1CCN(C(=O)N3CCOCC3)CC1)CC2. The monoisotopic (exact) mass is 514 g/mol. The van der Waals surface area contributed by atoms with E-state index >= 15 is 0 Å². The van der Waals surface area contributed by atoms with Crippen molar-refractivity contribution in [1.82, 2.24) is 24.6 Å². The standard InChI is InChI=1S/C25H31ClN6O4/c26-21-20(23(27)33)19-16-31(10-11-32(19)22(21)17-4-2-1-3-5-17)24(34)28-18-6-8-29(9-7-18)25(35)30-12-14-36-15-13-30/h1-5,18H,6-16H2,(H2,27,33)(H,28,34). The predicted molar refractivity (Wildman–Crippen MR) is 135 cm³/mol. The van der Waals surface area contributed by atoms with Crippen LogP contribution in [0.5, 0.6) is 0 Å². The van der Waals surface area contributed by atoms with Gasteiger partial charge in [0.2, 0.25) is 0 Å². The lowest BCUT2D eigenvalue weighted by atomic mass is 10.1. The minimum atomic E-state index is -0.606. The van der Waals surface area contributed by atoms with Crippen LogP contribution in [-0.4, -0.2) is 89.2 Å². The van der Waals surface area contributed by atoms with Gasteiger partial charge in [0.1, 0.15) is 0 Å². The number of fused-ring (bicyclic) bond motifs is 1. The molecule has 1 aromatic heterocycles. The zero-order chi connectivity index (χ0) is 25.2. The van der Waals surface area contributed by atoms with E-state index in [0.29, 0.717) is 76.0 Å². The third kappa shape index (κ3) is 4.75. The highest BCUT2D eigenvalue weighted by molar-refractivity contribution is 6.36. The maximum Gasteiger partial charge on any atom is 0.320 e. The molecule has 2 aromatic rings. The van der Waals surface area contributed by atoms with Gasteiger partial charge in [-0.05, 0) is 18.4 Å². The smallest absolute Gasteiger partial charge is 0.320 e. The van der Waals surface area contributed by atoms with Crippen LogP contribution in [0, 0.1) is 0 Å². The van der Waals surface area contributed by atoms with Gasteiger partial charge in [0.25, 0.3) is 5.91 Å². The number of ether oxygens (including phenoxy) is 1. The minimum absolute atomic E-state index is 0.0148. The maximum absolute atomic E-state index is 13.1. The summed E-state index contributed by atoms with van der Waals surface area (Å²) < 4.78 is 7.33. The first-order valence-corrected chi connectivity index (χ1v) is 12.7. The predicted octanol–water partition coefficient (Wildman–Crippen LogP) is 2.35. The molecule has 3 aliphatic heterocycles. The lowest BCUT2D eigenvalue weighted by Crippen LogP contribution is -2.54. The average molecular weight is 515 g/mol. The van der Waals surface area contributed by atoms with Gasteiger partial charge in [0, 0.05) is 45.3 Å². The van der Waals surface area contributed by atoms with Crippen LogP contribution in [-0.2, 0) is 17.8 Å². The first kappa shape index (κ1) is 24.5. The van der Waals surface area contributed by atoms with Gasteiger partial charge < -0.3 is 35.1 Å². The van der Waals surface area contributed by atoms with E-state index in [9.17, 15) is 14.4 Å². The Morgan fingerprint density at radius 1 is 0.917 bits per heavy atom. The van der Waals surface area contributed by atoms with E-state index < -0.39 is 5.91 Å². The van der Waals surface area contributed by atoms with E-state index in [1.807, 2.05) is 44.7 Å². The zero-order valence-corrected chi connectivity index (χ0v) is 20.9. The van der Waals surface area contributed by atoms with Crippen LogP contribution in [0.2, 0.25) is 5.02 Å². The zero-order valence-electron chi connectivity index (χ0n) is 20.1. The molecule has 3 N–H and O–H groups in total. The Bertz CT molecular complexity index is 1140. The molecule has 0 aliphatic carbocycles. The molecule has 0 bridgehead atoms. The summed E-state index contributed by atoms with van der Waals surface area (Å²) in [5.41, 5.74) is 8.26. The van der Waals surface area contributed by atoms with Crippen LogP contribution in [0.1, 0.15) is 28.9 Å². The Morgan fingerprint density at radius 2 is 1.58 bits per heavy atom. The fourth-order valence-electron chi connectivity index (χ4n) is 5.26. The second kappa shape index (κ2) is 10.4. The van der Waals surface area contributed by atoms with E-state index in [0.717, 1.165) is 11.3 Å². The molecule has 3 aliphatic rings. The number of amides is 5. The number of piperidine rings is 1. The number of likely N-dealkylation sites (tertiary alicyclic amines) is 1. The molecule has 2 saturated heterocycles. The highest BCUT2D eigenvalue weighted by Gasteiger charge is 2.33. The summed E-state index contributed by atoms with van der Waals surface area (Å²) in [6.45, 7) is 4.83. The third-order valence-electron chi connectivity index (χ3n) is 7.20. The van der Waals surface area contributed by atoms with Gasteiger partial charge >= 0.3 is 12.1 Å². The Balaban J connectivity index is 1.23. The van der Waals surface area contributed by atoms with Gasteiger partial charge in [-0.3, -0.25) is 4.79 Å². The molecule has 0 unspecified atom stereocenters. The van der Waals surface area contributed by atoms with Crippen molar-refractivity contribution in [2.75, 3.05) is 45.9 Å². The normalized spacial score (nSPS) is 18.6. The number of halogens is 1. The van der Waals surface area contributed by atoms with Crippen LogP contribution < -0.4 is 11.1 Å². The molecular formula is C25H31ClN6O4. The average Bonchev–Trinajstić information content (AvgIpc) is 3.20. The van der Waals surface area contributed by atoms with Crippen molar-refractivity contribution in [2.45, 2.75) is 32.0 Å². The van der Waals surface area contributed by atoms with Gasteiger partial charge in [-0.25, -0.2) is 9.59 Å². The summed E-state index contributed by atoms with van der Waals surface area (Å²) >= 11 is 6.64.